The van der Waals surface area contributed by atoms with Crippen molar-refractivity contribution in [2.75, 3.05) is 32.7 Å². The van der Waals surface area contributed by atoms with Gasteiger partial charge in [0, 0.05) is 55.7 Å². The molecule has 0 aliphatic carbocycles. The van der Waals surface area contributed by atoms with Crippen molar-refractivity contribution < 1.29 is 22.8 Å². The summed E-state index contributed by atoms with van der Waals surface area (Å²) < 4.78 is 27.0. The molecule has 2 heterocycles. The van der Waals surface area contributed by atoms with Crippen molar-refractivity contribution in [3.05, 3.63) is 77.9 Å². The topological polar surface area (TPSA) is 95.1 Å². The second-order valence-electron chi connectivity index (χ2n) is 8.67. The molecule has 180 valence electrons. The summed E-state index contributed by atoms with van der Waals surface area (Å²) in [5.74, 6) is -0.792. The molecule has 1 fully saturated rings. The summed E-state index contributed by atoms with van der Waals surface area (Å²) in [4.78, 5) is 41.8. The Labute approximate surface area is 203 Å². The van der Waals surface area contributed by atoms with E-state index < -0.39 is 10.0 Å². The van der Waals surface area contributed by atoms with E-state index in [0.717, 1.165) is 5.39 Å². The van der Waals surface area contributed by atoms with E-state index in [1.807, 2.05) is 12.1 Å². The highest BCUT2D eigenvalue weighted by molar-refractivity contribution is 7.89. The van der Waals surface area contributed by atoms with Gasteiger partial charge in [-0.2, -0.15) is 4.31 Å². The number of hydrogen-bond acceptors (Lipinski definition) is 5. The van der Waals surface area contributed by atoms with Crippen LogP contribution < -0.4 is 0 Å². The Balaban J connectivity index is 1.17. The molecule has 35 heavy (non-hydrogen) atoms. The van der Waals surface area contributed by atoms with Gasteiger partial charge in [0.1, 0.15) is 0 Å². The van der Waals surface area contributed by atoms with Gasteiger partial charge < -0.3 is 4.90 Å². The lowest BCUT2D eigenvalue weighted by atomic mass is 9.94. The van der Waals surface area contributed by atoms with E-state index in [9.17, 15) is 22.8 Å². The van der Waals surface area contributed by atoms with Gasteiger partial charge in [-0.3, -0.25) is 19.3 Å². The van der Waals surface area contributed by atoms with E-state index >= 15 is 0 Å². The zero-order valence-corrected chi connectivity index (χ0v) is 19.9. The number of hydrogen-bond donors (Lipinski definition) is 0. The molecule has 0 saturated carbocycles. The molecule has 0 unspecified atom stereocenters. The van der Waals surface area contributed by atoms with E-state index in [4.69, 9.17) is 0 Å². The Hall–Kier alpha value is -3.56. The van der Waals surface area contributed by atoms with E-state index in [1.54, 1.807) is 59.5 Å². The third-order valence-electron chi connectivity index (χ3n) is 6.60. The maximum atomic E-state index is 13.0. The first-order valence-electron chi connectivity index (χ1n) is 11.6. The molecule has 8 nitrogen and oxygen atoms in total. The number of carbonyl (C=O) groups is 3. The van der Waals surface area contributed by atoms with Crippen molar-refractivity contribution in [1.82, 2.24) is 14.1 Å². The van der Waals surface area contributed by atoms with E-state index in [-0.39, 0.29) is 48.7 Å². The second kappa shape index (κ2) is 9.24. The minimum absolute atomic E-state index is 0.110. The molecule has 0 aromatic heterocycles. The highest BCUT2D eigenvalue weighted by atomic mass is 32.2. The fraction of sp³-hybridized carbons (Fsp3) is 0.269. The maximum absolute atomic E-state index is 13.0. The average Bonchev–Trinajstić information content (AvgIpc) is 2.89. The Morgan fingerprint density at radius 2 is 1.37 bits per heavy atom. The standard InChI is InChI=1S/C26H25N3O5S/c30-23(27-15-17-28(18-16-27)35(33,34)20-9-2-1-3-10-20)13-6-14-29-25(31)21-11-4-7-19-8-5-12-22(24(19)21)26(29)32/h1-5,7-12H,6,13-18H2. The Kier molecular flexibility index (Phi) is 6.12. The van der Waals surface area contributed by atoms with Crippen LogP contribution >= 0.6 is 0 Å². The molecule has 0 radical (unpaired) electrons. The van der Waals surface area contributed by atoms with Crippen LogP contribution in [0.5, 0.6) is 0 Å². The van der Waals surface area contributed by atoms with Crippen molar-refractivity contribution >= 4 is 38.5 Å². The number of nitrogens with zero attached hydrogens (tertiary/aromatic N) is 3. The molecule has 2 aliphatic heterocycles. The molecule has 0 N–H and O–H groups in total. The minimum Gasteiger partial charge on any atom is -0.340 e. The van der Waals surface area contributed by atoms with E-state index in [0.29, 0.717) is 36.0 Å². The summed E-state index contributed by atoms with van der Waals surface area (Å²) in [5.41, 5.74) is 1.000. The van der Waals surface area contributed by atoms with Gasteiger partial charge in [0.15, 0.2) is 0 Å². The van der Waals surface area contributed by atoms with Crippen LogP contribution in [0.1, 0.15) is 33.6 Å². The number of benzene rings is 3. The summed E-state index contributed by atoms with van der Waals surface area (Å²) in [6.45, 7) is 1.22. The predicted molar refractivity (Wildman–Crippen MR) is 130 cm³/mol. The minimum atomic E-state index is -3.58. The predicted octanol–water partition coefficient (Wildman–Crippen LogP) is 2.75. The highest BCUT2D eigenvalue weighted by Crippen LogP contribution is 2.30. The largest absolute Gasteiger partial charge is 0.340 e. The smallest absolute Gasteiger partial charge is 0.261 e. The van der Waals surface area contributed by atoms with Crippen LogP contribution in [0, 0.1) is 0 Å². The van der Waals surface area contributed by atoms with Gasteiger partial charge in [-0.1, -0.05) is 42.5 Å². The number of piperazine rings is 1. The van der Waals surface area contributed by atoms with Crippen LogP contribution in [0.25, 0.3) is 10.8 Å². The zero-order chi connectivity index (χ0) is 24.6. The summed E-state index contributed by atoms with van der Waals surface area (Å²) >= 11 is 0. The molecule has 2 aliphatic rings. The van der Waals surface area contributed by atoms with Gasteiger partial charge in [0.05, 0.1) is 4.90 Å². The first-order valence-corrected chi connectivity index (χ1v) is 13.0. The van der Waals surface area contributed by atoms with Crippen LogP contribution in [-0.4, -0.2) is 73.0 Å². The van der Waals surface area contributed by atoms with Gasteiger partial charge in [0.25, 0.3) is 11.8 Å². The Morgan fingerprint density at radius 1 is 0.771 bits per heavy atom. The Morgan fingerprint density at radius 3 is 1.97 bits per heavy atom. The normalized spacial score (nSPS) is 16.7. The van der Waals surface area contributed by atoms with Crippen molar-refractivity contribution in [3.8, 4) is 0 Å². The lowest BCUT2D eigenvalue weighted by molar-refractivity contribution is -0.132. The summed E-state index contributed by atoms with van der Waals surface area (Å²) in [6, 6.07) is 19.1. The first kappa shape index (κ1) is 23.2. The quantitative estimate of drug-likeness (QED) is 0.494. The lowest BCUT2D eigenvalue weighted by Gasteiger charge is -2.34. The molecule has 0 bridgehead atoms. The number of amides is 3. The first-order chi connectivity index (χ1) is 16.9. The van der Waals surface area contributed by atoms with Crippen molar-refractivity contribution in [3.63, 3.8) is 0 Å². The molecule has 9 heteroatoms. The molecular formula is C26H25N3O5S. The molecule has 1 saturated heterocycles. The number of imide groups is 1. The molecule has 3 amide bonds. The maximum Gasteiger partial charge on any atom is 0.261 e. The molecule has 3 aromatic rings. The molecule has 0 atom stereocenters. The average molecular weight is 492 g/mol. The monoisotopic (exact) mass is 491 g/mol. The van der Waals surface area contributed by atoms with E-state index in [1.165, 1.54) is 9.21 Å². The van der Waals surface area contributed by atoms with Gasteiger partial charge in [-0.05, 0) is 36.1 Å². The van der Waals surface area contributed by atoms with Crippen LogP contribution in [0.2, 0.25) is 0 Å². The number of carbonyl (C=O) groups excluding carboxylic acids is 3. The van der Waals surface area contributed by atoms with Crippen molar-refractivity contribution in [2.45, 2.75) is 17.7 Å². The van der Waals surface area contributed by atoms with Gasteiger partial charge in [-0.25, -0.2) is 8.42 Å². The van der Waals surface area contributed by atoms with E-state index in [2.05, 4.69) is 0 Å². The zero-order valence-electron chi connectivity index (χ0n) is 19.1. The molecule has 0 spiro atoms. The van der Waals surface area contributed by atoms with Crippen LogP contribution in [0.15, 0.2) is 71.6 Å². The third kappa shape index (κ3) is 4.21. The fourth-order valence-corrected chi connectivity index (χ4v) is 6.19. The fourth-order valence-electron chi connectivity index (χ4n) is 4.75. The van der Waals surface area contributed by atoms with Crippen LogP contribution in [0.4, 0.5) is 0 Å². The lowest BCUT2D eigenvalue weighted by Crippen LogP contribution is -2.50. The molecule has 5 rings (SSSR count). The van der Waals surface area contributed by atoms with Crippen molar-refractivity contribution in [1.29, 1.82) is 0 Å². The Bertz CT molecular complexity index is 1360. The molecule has 3 aromatic carbocycles. The third-order valence-corrected chi connectivity index (χ3v) is 8.51. The highest BCUT2D eigenvalue weighted by Gasteiger charge is 2.33. The molecular weight excluding hydrogens is 466 g/mol. The SMILES string of the molecule is O=C(CCCN1C(=O)c2cccc3cccc(c23)C1=O)N1CCN(S(=O)(=O)c2ccccc2)CC1. The van der Waals surface area contributed by atoms with Gasteiger partial charge in [-0.15, -0.1) is 0 Å². The number of rotatable bonds is 6. The van der Waals surface area contributed by atoms with Crippen LogP contribution in [0.3, 0.4) is 0 Å². The van der Waals surface area contributed by atoms with Gasteiger partial charge >= 0.3 is 0 Å². The summed E-state index contributed by atoms with van der Waals surface area (Å²) in [6.07, 6.45) is 0.519. The van der Waals surface area contributed by atoms with Crippen LogP contribution in [-0.2, 0) is 14.8 Å². The van der Waals surface area contributed by atoms with Gasteiger partial charge in [0.2, 0.25) is 15.9 Å². The second-order valence-corrected chi connectivity index (χ2v) is 10.6. The summed E-state index contributed by atoms with van der Waals surface area (Å²) in [7, 11) is -3.58. The van der Waals surface area contributed by atoms with Crippen molar-refractivity contribution in [2.24, 2.45) is 0 Å². The number of sulfonamides is 1. The summed E-state index contributed by atoms with van der Waals surface area (Å²) in [5, 5.41) is 1.53.